The van der Waals surface area contributed by atoms with Crippen LogP contribution in [0.25, 0.3) is 38.6 Å². The number of carbonyl (C=O) groups excluding carboxylic acids is 1. The lowest BCUT2D eigenvalue weighted by atomic mass is 10.0. The van der Waals surface area contributed by atoms with E-state index in [-0.39, 0.29) is 61.7 Å². The van der Waals surface area contributed by atoms with E-state index in [9.17, 15) is 31.5 Å². The maximum Gasteiger partial charge on any atom is 0.266 e. The van der Waals surface area contributed by atoms with Crippen LogP contribution in [0, 0.1) is 17.5 Å². The summed E-state index contributed by atoms with van der Waals surface area (Å²) in [4.78, 5) is 31.2. The molecule has 2 heterocycles. The summed E-state index contributed by atoms with van der Waals surface area (Å²) < 4.78 is 76.0. The number of aromatic nitrogens is 4. The number of alkyl halides is 2. The fourth-order valence-corrected chi connectivity index (χ4v) is 6.26. The molecule has 1 amide bonds. The zero-order valence-corrected chi connectivity index (χ0v) is 26.4. The van der Waals surface area contributed by atoms with Crippen LogP contribution < -0.4 is 15.6 Å². The molecule has 1 atom stereocenters. The lowest BCUT2D eigenvalue weighted by molar-refractivity contribution is -0.110. The summed E-state index contributed by atoms with van der Waals surface area (Å²) in [6, 6.07) is 15.1. The Morgan fingerprint density at radius 1 is 1.00 bits per heavy atom. The molecule has 0 fully saturated rings. The number of nitrogens with zero attached hydrogens (tertiary/aromatic N) is 4. The highest BCUT2D eigenvalue weighted by Crippen LogP contribution is 2.37. The molecule has 0 aliphatic heterocycles. The van der Waals surface area contributed by atoms with Gasteiger partial charge in [0.05, 0.1) is 38.6 Å². The minimum atomic E-state index is -2.84. The van der Waals surface area contributed by atoms with Gasteiger partial charge in [0, 0.05) is 24.3 Å². The van der Waals surface area contributed by atoms with Crippen molar-refractivity contribution in [3.63, 3.8) is 0 Å². The molecular formula is C33H24ClF5N6O2S. The first-order valence-corrected chi connectivity index (χ1v) is 15.9. The molecule has 0 aliphatic rings. The quantitative estimate of drug-likeness (QED) is 0.0830. The molecule has 0 saturated heterocycles. The topological polar surface area (TPSA) is 93.8 Å². The van der Waals surface area contributed by atoms with Gasteiger partial charge < -0.3 is 10.0 Å². The first kappa shape index (κ1) is 33.0. The maximum absolute atomic E-state index is 14.7. The number of amides is 1. The highest BCUT2D eigenvalue weighted by molar-refractivity contribution is 7.99. The van der Waals surface area contributed by atoms with E-state index in [1.807, 2.05) is 0 Å². The second-order valence-electron chi connectivity index (χ2n) is 10.7. The van der Waals surface area contributed by atoms with Crippen molar-refractivity contribution in [3.8, 4) is 16.8 Å². The van der Waals surface area contributed by atoms with E-state index in [4.69, 9.17) is 16.6 Å². The number of rotatable bonds is 11. The summed E-state index contributed by atoms with van der Waals surface area (Å²) in [5, 5.41) is 7.36. The fourth-order valence-electron chi connectivity index (χ4n) is 5.68. The average Bonchev–Trinajstić information content (AvgIpc) is 3.39. The molecule has 2 aromatic heterocycles. The Kier molecular flexibility index (Phi) is 9.38. The largest absolute Gasteiger partial charge is 0.348 e. The van der Waals surface area contributed by atoms with Gasteiger partial charge >= 0.3 is 0 Å². The summed E-state index contributed by atoms with van der Waals surface area (Å²) in [6.45, 7) is -0.852. The Hall–Kier alpha value is -4.95. The van der Waals surface area contributed by atoms with Crippen LogP contribution in [0.4, 0.5) is 27.8 Å². The number of anilines is 1. The lowest BCUT2D eigenvalue weighted by Crippen LogP contribution is -2.32. The first-order valence-electron chi connectivity index (χ1n) is 14.3. The van der Waals surface area contributed by atoms with E-state index < -0.39 is 42.0 Å². The molecule has 0 radical (unpaired) electrons. The smallest absolute Gasteiger partial charge is 0.266 e. The van der Waals surface area contributed by atoms with Gasteiger partial charge in [0.15, 0.2) is 5.82 Å². The fraction of sp³-hybridized carbons (Fsp3) is 0.152. The Balaban J connectivity index is 1.69. The minimum absolute atomic E-state index is 0.0485. The summed E-state index contributed by atoms with van der Waals surface area (Å²) in [6.07, 6.45) is -1.02. The van der Waals surface area contributed by atoms with Crippen molar-refractivity contribution in [1.29, 1.82) is 0 Å². The molecule has 0 aliphatic carbocycles. The third-order valence-corrected chi connectivity index (χ3v) is 8.31. The van der Waals surface area contributed by atoms with E-state index in [0.29, 0.717) is 18.0 Å². The predicted octanol–water partition coefficient (Wildman–Crippen LogP) is 7.46. The van der Waals surface area contributed by atoms with Crippen LogP contribution in [0.15, 0.2) is 77.6 Å². The third-order valence-electron chi connectivity index (χ3n) is 7.60. The Morgan fingerprint density at radius 3 is 2.44 bits per heavy atom. The van der Waals surface area contributed by atoms with Crippen LogP contribution in [0.1, 0.15) is 17.4 Å². The van der Waals surface area contributed by atoms with E-state index in [1.54, 1.807) is 24.5 Å². The van der Waals surface area contributed by atoms with Crippen molar-refractivity contribution in [2.45, 2.75) is 25.4 Å². The lowest BCUT2D eigenvalue weighted by Gasteiger charge is -2.22. The van der Waals surface area contributed by atoms with Crippen molar-refractivity contribution >= 4 is 57.6 Å². The zero-order valence-electron chi connectivity index (χ0n) is 24.9. The van der Waals surface area contributed by atoms with Crippen LogP contribution in [0.2, 0.25) is 5.02 Å². The number of hydrogen-bond acceptors (Lipinski definition) is 6. The summed E-state index contributed by atoms with van der Waals surface area (Å²) in [5.41, 5.74) is 0.329. The number of nitrogens with one attached hydrogen (secondary N) is 2. The Morgan fingerprint density at radius 2 is 1.75 bits per heavy atom. The number of benzene rings is 4. The van der Waals surface area contributed by atoms with Crippen LogP contribution in [0.3, 0.4) is 0 Å². The molecule has 8 nitrogen and oxygen atoms in total. The van der Waals surface area contributed by atoms with Gasteiger partial charge in [-0.1, -0.05) is 47.8 Å². The van der Waals surface area contributed by atoms with Gasteiger partial charge in [-0.25, -0.2) is 26.9 Å². The highest BCUT2D eigenvalue weighted by Gasteiger charge is 2.27. The normalized spacial score (nSPS) is 12.2. The van der Waals surface area contributed by atoms with E-state index >= 15 is 0 Å². The number of fused-ring (bicyclic) bond motifs is 2. The Bertz CT molecular complexity index is 2230. The molecule has 0 saturated carbocycles. The van der Waals surface area contributed by atoms with Gasteiger partial charge in [-0.2, -0.15) is 5.10 Å². The van der Waals surface area contributed by atoms with E-state index in [1.165, 1.54) is 36.4 Å². The maximum atomic E-state index is 14.7. The summed E-state index contributed by atoms with van der Waals surface area (Å²) in [7, 11) is 0. The SMILES string of the molecule is CSNc1nn(CC(F)F)c2c(-n3c(C(Cc4cc(F)cc(F)c4)NC=O)nc4cc(-c5ccccc5F)ccc4c3=O)ccc(Cl)c12. The first-order chi connectivity index (χ1) is 23.1. The van der Waals surface area contributed by atoms with Gasteiger partial charge in [0.2, 0.25) is 6.41 Å². The van der Waals surface area contributed by atoms with E-state index in [0.717, 1.165) is 33.3 Å². The molecule has 6 aromatic rings. The number of halogens is 6. The molecule has 246 valence electrons. The number of carbonyl (C=O) groups is 1. The molecule has 0 bridgehead atoms. The van der Waals surface area contributed by atoms with Crippen LogP contribution in [0.5, 0.6) is 0 Å². The van der Waals surface area contributed by atoms with Crippen LogP contribution in [-0.2, 0) is 17.8 Å². The van der Waals surface area contributed by atoms with Crippen molar-refractivity contribution < 1.29 is 26.7 Å². The monoisotopic (exact) mass is 698 g/mol. The highest BCUT2D eigenvalue weighted by atomic mass is 35.5. The van der Waals surface area contributed by atoms with Crippen molar-refractivity contribution in [2.75, 3.05) is 11.0 Å². The van der Waals surface area contributed by atoms with Gasteiger partial charge in [0.25, 0.3) is 12.0 Å². The predicted molar refractivity (Wildman–Crippen MR) is 176 cm³/mol. The summed E-state index contributed by atoms with van der Waals surface area (Å²) in [5.74, 6) is -2.18. The molecule has 0 spiro atoms. The number of hydrogen-bond donors (Lipinski definition) is 2. The third kappa shape index (κ3) is 6.32. The van der Waals surface area contributed by atoms with E-state index in [2.05, 4.69) is 15.1 Å². The van der Waals surface area contributed by atoms with Gasteiger partial charge in [-0.3, -0.25) is 18.8 Å². The second kappa shape index (κ2) is 13.6. The van der Waals surface area contributed by atoms with Crippen molar-refractivity contribution in [3.05, 3.63) is 117 Å². The Labute approximate surface area is 278 Å². The average molecular weight is 699 g/mol. The summed E-state index contributed by atoms with van der Waals surface area (Å²) >= 11 is 7.71. The molecule has 4 aromatic carbocycles. The molecule has 6 rings (SSSR count). The van der Waals surface area contributed by atoms with Crippen molar-refractivity contribution in [2.24, 2.45) is 0 Å². The zero-order chi connectivity index (χ0) is 34.1. The van der Waals surface area contributed by atoms with Gasteiger partial charge in [-0.15, -0.1) is 0 Å². The van der Waals surface area contributed by atoms with Gasteiger partial charge in [0.1, 0.15) is 29.8 Å². The van der Waals surface area contributed by atoms with Crippen LogP contribution >= 0.6 is 23.5 Å². The van der Waals surface area contributed by atoms with Gasteiger partial charge in [-0.05, 0) is 53.6 Å². The molecule has 2 N–H and O–H groups in total. The minimum Gasteiger partial charge on any atom is -0.348 e. The molecule has 15 heteroatoms. The molecular weight excluding hydrogens is 675 g/mol. The van der Waals surface area contributed by atoms with Crippen LogP contribution in [-0.4, -0.2) is 38.4 Å². The molecule has 1 unspecified atom stereocenters. The molecule has 48 heavy (non-hydrogen) atoms. The van der Waals surface area contributed by atoms with Crippen molar-refractivity contribution in [1.82, 2.24) is 24.6 Å². The second-order valence-corrected chi connectivity index (χ2v) is 11.7. The standard InChI is InChI=1S/C33H24ClF5N6O2S/c1-48-43-31-29-23(34)8-9-27(30(29)44(42-31)15-28(38)39)45-32(26(40-16-46)12-17-10-19(35)14-20(36)11-17)41-25-13-18(6-7-22(25)33(45)47)21-4-2-3-5-24(21)37/h2-11,13-14,16,26,28H,12,15H2,1H3,(H,40,46)(H,42,43).